The molecule has 1 atom stereocenters. The Hall–Kier alpha value is -0.830. The van der Waals surface area contributed by atoms with Crippen LogP contribution in [0.2, 0.25) is 0 Å². The van der Waals surface area contributed by atoms with E-state index in [2.05, 4.69) is 48.0 Å². The zero-order valence-electron chi connectivity index (χ0n) is 9.66. The highest BCUT2D eigenvalue weighted by atomic mass is 79.9. The molecule has 1 aliphatic rings. The normalized spacial score (nSPS) is 20.6. The minimum absolute atomic E-state index is 0.251. The molecular weight excluding hydrogens is 266 g/mol. The Morgan fingerprint density at radius 2 is 1.94 bits per heavy atom. The number of aryl methyl sites for hydroxylation is 2. The average molecular weight is 282 g/mol. The lowest BCUT2D eigenvalue weighted by atomic mass is 10.1. The molecule has 86 valence electrons. The lowest BCUT2D eigenvalue weighted by Crippen LogP contribution is -2.24. The van der Waals surface area contributed by atoms with Gasteiger partial charge in [-0.2, -0.15) is 0 Å². The molecule has 0 spiro atoms. The van der Waals surface area contributed by atoms with Gasteiger partial charge in [-0.15, -0.1) is 0 Å². The number of likely N-dealkylation sites (tertiary alicyclic amines) is 1. The van der Waals surface area contributed by atoms with Gasteiger partial charge < -0.3 is 4.90 Å². The van der Waals surface area contributed by atoms with Crippen molar-refractivity contribution in [3.63, 3.8) is 0 Å². The standard InChI is InChI=1S/C13H16BrNO/c1-9-3-10(2)5-11(4-9)7-15-8-12(14)6-13(15)16/h3-5,12H,6-8H2,1-2H3. The van der Waals surface area contributed by atoms with E-state index >= 15 is 0 Å². The summed E-state index contributed by atoms with van der Waals surface area (Å²) >= 11 is 3.50. The molecule has 0 aliphatic carbocycles. The predicted molar refractivity (Wildman–Crippen MR) is 68.7 cm³/mol. The minimum Gasteiger partial charge on any atom is -0.337 e. The van der Waals surface area contributed by atoms with Crippen molar-refractivity contribution in [3.8, 4) is 0 Å². The number of carbonyl (C=O) groups excluding carboxylic acids is 1. The van der Waals surface area contributed by atoms with Gasteiger partial charge in [0.2, 0.25) is 5.91 Å². The van der Waals surface area contributed by atoms with Crippen LogP contribution in [0, 0.1) is 13.8 Å². The third kappa shape index (κ3) is 2.64. The van der Waals surface area contributed by atoms with Gasteiger partial charge in [0.05, 0.1) is 0 Å². The first-order valence-corrected chi connectivity index (χ1v) is 6.45. The van der Waals surface area contributed by atoms with Crippen molar-refractivity contribution in [2.75, 3.05) is 6.54 Å². The SMILES string of the molecule is Cc1cc(C)cc(CN2CC(Br)CC2=O)c1. The summed E-state index contributed by atoms with van der Waals surface area (Å²) in [7, 11) is 0. The largest absolute Gasteiger partial charge is 0.337 e. The smallest absolute Gasteiger partial charge is 0.224 e. The van der Waals surface area contributed by atoms with Crippen molar-refractivity contribution < 1.29 is 4.79 Å². The van der Waals surface area contributed by atoms with E-state index in [1.807, 2.05) is 4.90 Å². The monoisotopic (exact) mass is 281 g/mol. The fourth-order valence-corrected chi connectivity index (χ4v) is 2.88. The Balaban J connectivity index is 2.12. The molecule has 1 amide bonds. The van der Waals surface area contributed by atoms with Crippen molar-refractivity contribution in [1.82, 2.24) is 4.90 Å². The van der Waals surface area contributed by atoms with Crippen molar-refractivity contribution >= 4 is 21.8 Å². The van der Waals surface area contributed by atoms with E-state index < -0.39 is 0 Å². The highest BCUT2D eigenvalue weighted by Crippen LogP contribution is 2.21. The molecule has 1 unspecified atom stereocenters. The molecule has 0 aromatic heterocycles. The van der Waals surface area contributed by atoms with Crippen LogP contribution >= 0.6 is 15.9 Å². The number of nitrogens with zero attached hydrogens (tertiary/aromatic N) is 1. The van der Waals surface area contributed by atoms with Crippen LogP contribution in [0.3, 0.4) is 0 Å². The maximum atomic E-state index is 11.7. The summed E-state index contributed by atoms with van der Waals surface area (Å²) < 4.78 is 0. The Morgan fingerprint density at radius 1 is 1.31 bits per heavy atom. The molecule has 0 bridgehead atoms. The van der Waals surface area contributed by atoms with E-state index in [0.717, 1.165) is 13.1 Å². The fourth-order valence-electron chi connectivity index (χ4n) is 2.26. The van der Waals surface area contributed by atoms with E-state index in [4.69, 9.17) is 0 Å². The molecular formula is C13H16BrNO. The van der Waals surface area contributed by atoms with Crippen molar-refractivity contribution in [1.29, 1.82) is 0 Å². The minimum atomic E-state index is 0.251. The summed E-state index contributed by atoms with van der Waals surface area (Å²) in [6.45, 7) is 5.75. The van der Waals surface area contributed by atoms with Gasteiger partial charge >= 0.3 is 0 Å². The maximum Gasteiger partial charge on any atom is 0.224 e. The van der Waals surface area contributed by atoms with Crippen LogP contribution in [-0.2, 0) is 11.3 Å². The highest BCUT2D eigenvalue weighted by Gasteiger charge is 2.27. The molecule has 16 heavy (non-hydrogen) atoms. The number of rotatable bonds is 2. The van der Waals surface area contributed by atoms with Crippen LogP contribution in [0.25, 0.3) is 0 Å². The van der Waals surface area contributed by atoms with Gasteiger partial charge in [-0.3, -0.25) is 4.79 Å². The van der Waals surface area contributed by atoms with Crippen LogP contribution in [0.5, 0.6) is 0 Å². The Bertz CT molecular complexity index is 396. The van der Waals surface area contributed by atoms with E-state index in [9.17, 15) is 4.79 Å². The second-order valence-corrected chi connectivity index (χ2v) is 5.87. The van der Waals surface area contributed by atoms with Gasteiger partial charge in [-0.05, 0) is 19.4 Å². The topological polar surface area (TPSA) is 20.3 Å². The van der Waals surface area contributed by atoms with E-state index in [-0.39, 0.29) is 5.91 Å². The molecule has 1 aromatic carbocycles. The number of amides is 1. The molecule has 0 radical (unpaired) electrons. The summed E-state index contributed by atoms with van der Waals surface area (Å²) in [5.74, 6) is 0.251. The third-order valence-electron chi connectivity index (χ3n) is 2.82. The molecule has 3 heteroatoms. The van der Waals surface area contributed by atoms with Gasteiger partial charge in [-0.25, -0.2) is 0 Å². The summed E-state index contributed by atoms with van der Waals surface area (Å²) in [4.78, 5) is 13.9. The quantitative estimate of drug-likeness (QED) is 0.764. The molecule has 2 nitrogen and oxygen atoms in total. The van der Waals surface area contributed by atoms with Crippen molar-refractivity contribution in [2.24, 2.45) is 0 Å². The first-order valence-electron chi connectivity index (χ1n) is 5.53. The van der Waals surface area contributed by atoms with Crippen LogP contribution in [0.15, 0.2) is 18.2 Å². The number of alkyl halides is 1. The lowest BCUT2D eigenvalue weighted by molar-refractivity contribution is -0.128. The van der Waals surface area contributed by atoms with Crippen LogP contribution in [-0.4, -0.2) is 22.2 Å². The molecule has 2 rings (SSSR count). The molecule has 0 saturated carbocycles. The summed E-state index contributed by atoms with van der Waals surface area (Å²) in [6.07, 6.45) is 0.630. The summed E-state index contributed by atoms with van der Waals surface area (Å²) in [5.41, 5.74) is 3.75. The molecule has 1 saturated heterocycles. The zero-order chi connectivity index (χ0) is 11.7. The van der Waals surface area contributed by atoms with Gasteiger partial charge in [0.25, 0.3) is 0 Å². The van der Waals surface area contributed by atoms with Crippen LogP contribution in [0.1, 0.15) is 23.1 Å². The highest BCUT2D eigenvalue weighted by molar-refractivity contribution is 9.09. The second-order valence-electron chi connectivity index (χ2n) is 4.57. The fraction of sp³-hybridized carbons (Fsp3) is 0.462. The molecule has 1 aromatic rings. The van der Waals surface area contributed by atoms with Crippen molar-refractivity contribution in [2.45, 2.75) is 31.6 Å². The Kier molecular flexibility index (Phi) is 3.33. The van der Waals surface area contributed by atoms with E-state index in [1.165, 1.54) is 16.7 Å². The number of benzene rings is 1. The molecule has 1 heterocycles. The van der Waals surface area contributed by atoms with Gasteiger partial charge in [0.1, 0.15) is 0 Å². The molecule has 1 aliphatic heterocycles. The predicted octanol–water partition coefficient (Wildman–Crippen LogP) is 2.80. The number of carbonyl (C=O) groups is 1. The summed E-state index contributed by atoms with van der Waals surface area (Å²) in [6, 6.07) is 6.46. The van der Waals surface area contributed by atoms with Gasteiger partial charge in [0.15, 0.2) is 0 Å². The zero-order valence-corrected chi connectivity index (χ0v) is 11.3. The Morgan fingerprint density at radius 3 is 2.44 bits per heavy atom. The van der Waals surface area contributed by atoms with E-state index in [1.54, 1.807) is 0 Å². The number of hydrogen-bond donors (Lipinski definition) is 0. The second kappa shape index (κ2) is 4.58. The van der Waals surface area contributed by atoms with Crippen LogP contribution < -0.4 is 0 Å². The summed E-state index contributed by atoms with van der Waals surface area (Å²) in [5, 5.41) is 0. The first-order chi connectivity index (χ1) is 7.54. The van der Waals surface area contributed by atoms with Gasteiger partial charge in [0, 0.05) is 24.3 Å². The molecule has 1 fully saturated rings. The number of hydrogen-bond acceptors (Lipinski definition) is 1. The Labute approximate surface area is 105 Å². The average Bonchev–Trinajstić information content (AvgIpc) is 2.43. The number of halogens is 1. The third-order valence-corrected chi connectivity index (χ3v) is 3.44. The van der Waals surface area contributed by atoms with Gasteiger partial charge in [-0.1, -0.05) is 45.3 Å². The first kappa shape index (κ1) is 11.6. The molecule has 0 N–H and O–H groups in total. The van der Waals surface area contributed by atoms with Crippen LogP contribution in [0.4, 0.5) is 0 Å². The lowest BCUT2D eigenvalue weighted by Gasteiger charge is -2.16. The van der Waals surface area contributed by atoms with E-state index in [0.29, 0.717) is 11.2 Å². The van der Waals surface area contributed by atoms with Crippen molar-refractivity contribution in [3.05, 3.63) is 34.9 Å². The maximum absolute atomic E-state index is 11.7.